The monoisotopic (exact) mass is 197 g/mol. The number of hydrogen-bond acceptors (Lipinski definition) is 3. The van der Waals surface area contributed by atoms with Gasteiger partial charge in [0.1, 0.15) is 5.78 Å². The van der Waals surface area contributed by atoms with E-state index >= 15 is 0 Å². The molecule has 0 saturated carbocycles. The molecule has 3 heteroatoms. The Bertz CT molecular complexity index is 215. The molecule has 2 heterocycles. The minimum atomic E-state index is 0.162. The average molecular weight is 197 g/mol. The van der Waals surface area contributed by atoms with Crippen LogP contribution in [-0.4, -0.2) is 42.5 Å². The minimum Gasteiger partial charge on any atom is -0.372 e. The smallest absolute Gasteiger partial charge is 0.149 e. The molecule has 0 radical (unpaired) electrons. The van der Waals surface area contributed by atoms with Crippen molar-refractivity contribution < 1.29 is 9.53 Å². The largest absolute Gasteiger partial charge is 0.372 e. The SMILES string of the molecule is CC(C)C(=O)CN1CC2CCC(C1)O2. The number of ether oxygens (including phenoxy) is 1. The van der Waals surface area contributed by atoms with Gasteiger partial charge in [0.15, 0.2) is 0 Å². The Morgan fingerprint density at radius 2 is 1.93 bits per heavy atom. The summed E-state index contributed by atoms with van der Waals surface area (Å²) < 4.78 is 5.72. The number of carbonyl (C=O) groups is 1. The van der Waals surface area contributed by atoms with E-state index in [1.165, 1.54) is 12.8 Å². The number of hydrogen-bond donors (Lipinski definition) is 0. The maximum atomic E-state index is 11.6. The molecule has 2 fully saturated rings. The Hall–Kier alpha value is -0.410. The van der Waals surface area contributed by atoms with Crippen LogP contribution >= 0.6 is 0 Å². The van der Waals surface area contributed by atoms with E-state index in [9.17, 15) is 4.79 Å². The number of rotatable bonds is 3. The standard InChI is InChI=1S/C11H19NO2/c1-8(2)11(13)7-12-5-9-3-4-10(6-12)14-9/h8-10H,3-7H2,1-2H3. The zero-order valence-electron chi connectivity index (χ0n) is 9.03. The van der Waals surface area contributed by atoms with Crippen LogP contribution in [-0.2, 0) is 9.53 Å². The molecule has 0 aliphatic carbocycles. The van der Waals surface area contributed by atoms with Crippen LogP contribution in [0, 0.1) is 5.92 Å². The number of morpholine rings is 1. The fourth-order valence-corrected chi connectivity index (χ4v) is 2.23. The van der Waals surface area contributed by atoms with Crippen LogP contribution < -0.4 is 0 Å². The van der Waals surface area contributed by atoms with E-state index in [1.54, 1.807) is 0 Å². The van der Waals surface area contributed by atoms with Crippen molar-refractivity contribution in [2.45, 2.75) is 38.9 Å². The first-order valence-corrected chi connectivity index (χ1v) is 5.55. The molecule has 0 amide bonds. The van der Waals surface area contributed by atoms with Gasteiger partial charge in [-0.1, -0.05) is 13.8 Å². The van der Waals surface area contributed by atoms with E-state index in [1.807, 2.05) is 13.8 Å². The van der Waals surface area contributed by atoms with Gasteiger partial charge in [0, 0.05) is 19.0 Å². The maximum absolute atomic E-state index is 11.6. The second-order valence-electron chi connectivity index (χ2n) is 4.77. The zero-order valence-corrected chi connectivity index (χ0v) is 9.03. The summed E-state index contributed by atoms with van der Waals surface area (Å²) in [5.41, 5.74) is 0. The quantitative estimate of drug-likeness (QED) is 0.678. The van der Waals surface area contributed by atoms with Gasteiger partial charge in [0.25, 0.3) is 0 Å². The van der Waals surface area contributed by atoms with Crippen molar-refractivity contribution in [3.8, 4) is 0 Å². The number of fused-ring (bicyclic) bond motifs is 2. The van der Waals surface area contributed by atoms with E-state index in [4.69, 9.17) is 4.74 Å². The lowest BCUT2D eigenvalue weighted by Crippen LogP contribution is -2.45. The summed E-state index contributed by atoms with van der Waals surface area (Å²) in [6, 6.07) is 0. The van der Waals surface area contributed by atoms with E-state index in [2.05, 4.69) is 4.90 Å². The molecule has 2 bridgehead atoms. The fourth-order valence-electron chi connectivity index (χ4n) is 2.23. The van der Waals surface area contributed by atoms with Gasteiger partial charge < -0.3 is 4.74 Å². The van der Waals surface area contributed by atoms with Gasteiger partial charge in [-0.05, 0) is 12.8 Å². The summed E-state index contributed by atoms with van der Waals surface area (Å²) in [4.78, 5) is 13.8. The summed E-state index contributed by atoms with van der Waals surface area (Å²) in [6.45, 7) is 6.47. The summed E-state index contributed by atoms with van der Waals surface area (Å²) in [7, 11) is 0. The van der Waals surface area contributed by atoms with E-state index < -0.39 is 0 Å². The lowest BCUT2D eigenvalue weighted by atomic mass is 10.1. The van der Waals surface area contributed by atoms with Gasteiger partial charge in [-0.15, -0.1) is 0 Å². The number of likely N-dealkylation sites (tertiary alicyclic amines) is 1. The Kier molecular flexibility index (Phi) is 2.88. The maximum Gasteiger partial charge on any atom is 0.149 e. The van der Waals surface area contributed by atoms with E-state index in [-0.39, 0.29) is 5.92 Å². The summed E-state index contributed by atoms with van der Waals surface area (Å²) in [5.74, 6) is 0.516. The summed E-state index contributed by atoms with van der Waals surface area (Å²) in [6.07, 6.45) is 3.15. The highest BCUT2D eigenvalue weighted by Crippen LogP contribution is 2.26. The van der Waals surface area contributed by atoms with E-state index in [0.29, 0.717) is 24.5 Å². The Morgan fingerprint density at radius 1 is 1.36 bits per heavy atom. The average Bonchev–Trinajstić information content (AvgIpc) is 2.45. The first kappa shape index (κ1) is 10.1. The van der Waals surface area contributed by atoms with E-state index in [0.717, 1.165) is 13.1 Å². The van der Waals surface area contributed by atoms with Crippen molar-refractivity contribution in [1.29, 1.82) is 0 Å². The first-order valence-electron chi connectivity index (χ1n) is 5.55. The molecule has 0 N–H and O–H groups in total. The van der Waals surface area contributed by atoms with Gasteiger partial charge in [0.05, 0.1) is 18.8 Å². The van der Waals surface area contributed by atoms with Crippen molar-refractivity contribution in [3.05, 3.63) is 0 Å². The van der Waals surface area contributed by atoms with Crippen LogP contribution in [0.3, 0.4) is 0 Å². The third kappa shape index (κ3) is 2.15. The second-order valence-corrected chi connectivity index (χ2v) is 4.77. The lowest BCUT2D eigenvalue weighted by Gasteiger charge is -2.31. The Balaban J connectivity index is 1.85. The van der Waals surface area contributed by atoms with Gasteiger partial charge in [-0.25, -0.2) is 0 Å². The molecule has 80 valence electrons. The first-order chi connectivity index (χ1) is 6.65. The summed E-state index contributed by atoms with van der Waals surface area (Å²) >= 11 is 0. The third-order valence-corrected chi connectivity index (χ3v) is 3.14. The zero-order chi connectivity index (χ0) is 10.1. The predicted molar refractivity (Wildman–Crippen MR) is 54.2 cm³/mol. The topological polar surface area (TPSA) is 29.5 Å². The van der Waals surface area contributed by atoms with Crippen molar-refractivity contribution in [2.24, 2.45) is 5.92 Å². The van der Waals surface area contributed by atoms with Gasteiger partial charge in [-0.2, -0.15) is 0 Å². The molecule has 2 rings (SSSR count). The van der Waals surface area contributed by atoms with Crippen molar-refractivity contribution in [3.63, 3.8) is 0 Å². The highest BCUT2D eigenvalue weighted by molar-refractivity contribution is 5.82. The molecule has 0 aromatic heterocycles. The van der Waals surface area contributed by atoms with Crippen molar-refractivity contribution in [2.75, 3.05) is 19.6 Å². The molecule has 3 nitrogen and oxygen atoms in total. The minimum absolute atomic E-state index is 0.162. The van der Waals surface area contributed by atoms with Crippen LogP contribution in [0.5, 0.6) is 0 Å². The van der Waals surface area contributed by atoms with Gasteiger partial charge in [-0.3, -0.25) is 9.69 Å². The van der Waals surface area contributed by atoms with Crippen molar-refractivity contribution in [1.82, 2.24) is 4.90 Å². The molecule has 0 aromatic carbocycles. The molecule has 14 heavy (non-hydrogen) atoms. The fraction of sp³-hybridized carbons (Fsp3) is 0.909. The van der Waals surface area contributed by atoms with Gasteiger partial charge >= 0.3 is 0 Å². The number of carbonyl (C=O) groups excluding carboxylic acids is 1. The van der Waals surface area contributed by atoms with Crippen LogP contribution in [0.25, 0.3) is 0 Å². The molecule has 2 aliphatic rings. The Labute approximate surface area is 85.4 Å². The Morgan fingerprint density at radius 3 is 2.43 bits per heavy atom. The third-order valence-electron chi connectivity index (χ3n) is 3.14. The molecule has 2 atom stereocenters. The summed E-state index contributed by atoms with van der Waals surface area (Å²) in [5, 5.41) is 0. The van der Waals surface area contributed by atoms with Crippen LogP contribution in [0.1, 0.15) is 26.7 Å². The highest BCUT2D eigenvalue weighted by Gasteiger charge is 2.34. The number of ketones is 1. The number of Topliss-reactive ketones (excluding diaryl/α,β-unsaturated/α-hetero) is 1. The predicted octanol–water partition coefficient (Wildman–Crippen LogP) is 1.07. The second kappa shape index (κ2) is 3.99. The normalized spacial score (nSPS) is 32.5. The van der Waals surface area contributed by atoms with Crippen molar-refractivity contribution >= 4 is 5.78 Å². The van der Waals surface area contributed by atoms with Crippen LogP contribution in [0.15, 0.2) is 0 Å². The van der Waals surface area contributed by atoms with Gasteiger partial charge in [0.2, 0.25) is 0 Å². The lowest BCUT2D eigenvalue weighted by molar-refractivity contribution is -0.125. The molecule has 2 saturated heterocycles. The highest BCUT2D eigenvalue weighted by atomic mass is 16.5. The molecular formula is C11H19NO2. The molecule has 2 aliphatic heterocycles. The molecule has 2 unspecified atom stereocenters. The molecule has 0 aromatic rings. The van der Waals surface area contributed by atoms with Crippen LogP contribution in [0.4, 0.5) is 0 Å². The van der Waals surface area contributed by atoms with Crippen LogP contribution in [0.2, 0.25) is 0 Å². The molecule has 0 spiro atoms. The number of nitrogens with zero attached hydrogens (tertiary/aromatic N) is 1. The molecular weight excluding hydrogens is 178 g/mol.